The Morgan fingerprint density at radius 3 is 2.00 bits per heavy atom. The summed E-state index contributed by atoms with van der Waals surface area (Å²) in [5.74, 6) is 0.385. The largest absolute Gasteiger partial charge is 2.00 e. The second-order valence-corrected chi connectivity index (χ2v) is 2.41. The first-order valence-corrected chi connectivity index (χ1v) is 3.16. The van der Waals surface area contributed by atoms with E-state index < -0.39 is 0 Å². The van der Waals surface area contributed by atoms with Gasteiger partial charge in [-0.2, -0.15) is 0 Å². The minimum absolute atomic E-state index is 0. The molecule has 1 aliphatic rings. The van der Waals surface area contributed by atoms with Gasteiger partial charge in [0.1, 0.15) is 0 Å². The van der Waals surface area contributed by atoms with Crippen LogP contribution in [-0.4, -0.2) is 23.1 Å². The number of allylic oxidation sites excluding steroid dienone is 2. The summed E-state index contributed by atoms with van der Waals surface area (Å²) in [5.41, 5.74) is 1.08. The van der Waals surface area contributed by atoms with Crippen LogP contribution >= 0.6 is 0 Å². The van der Waals surface area contributed by atoms with Crippen molar-refractivity contribution in [3.63, 3.8) is 0 Å². The zero-order valence-electron chi connectivity index (χ0n) is 6.32. The molecule has 0 spiro atoms. The van der Waals surface area contributed by atoms with Gasteiger partial charge in [0.2, 0.25) is 0 Å². The fraction of sp³-hybridized carbons (Fsp3) is 0.714. The van der Waals surface area contributed by atoms with E-state index in [-0.39, 0.29) is 40.0 Å². The number of hydrogen-bond acceptors (Lipinski definition) is 1. The molecule has 10 heavy (non-hydrogen) atoms. The zero-order valence-corrected chi connectivity index (χ0v) is 9.32. The maximum absolute atomic E-state index is 10.8. The van der Waals surface area contributed by atoms with Crippen LogP contribution in [0.4, 0.5) is 0 Å². The van der Waals surface area contributed by atoms with Gasteiger partial charge in [-0.05, 0) is 26.2 Å². The minimum Gasteiger partial charge on any atom is -1.00 e. The van der Waals surface area contributed by atoms with Crippen molar-refractivity contribution in [2.75, 3.05) is 0 Å². The summed E-state index contributed by atoms with van der Waals surface area (Å²) in [4.78, 5) is 0. The molecule has 0 saturated carbocycles. The van der Waals surface area contributed by atoms with Gasteiger partial charge < -0.3 is 22.1 Å². The molecule has 1 aliphatic carbocycles. The maximum Gasteiger partial charge on any atom is 2.00 e. The first kappa shape index (κ1) is 13.4. The van der Waals surface area contributed by atoms with Crippen LogP contribution < -0.4 is 22.1 Å². The first-order valence-electron chi connectivity index (χ1n) is 3.16. The van der Waals surface area contributed by atoms with Crippen molar-refractivity contribution in [1.82, 2.24) is 0 Å². The van der Waals surface area contributed by atoms with Crippen LogP contribution in [0.2, 0.25) is 0 Å². The van der Waals surface area contributed by atoms with E-state index in [9.17, 15) is 5.11 Å². The summed E-state index contributed by atoms with van der Waals surface area (Å²) in [6.07, 6.45) is 4.17. The molecule has 0 aromatic rings. The van der Waals surface area contributed by atoms with Crippen molar-refractivity contribution >= 4 is 23.1 Å². The molecule has 0 radical (unpaired) electrons. The summed E-state index contributed by atoms with van der Waals surface area (Å²) in [6.45, 7) is 1.95. The number of hydrogen-bond donors (Lipinski definition) is 0. The molecule has 1 rings (SSSR count). The van der Waals surface area contributed by atoms with E-state index in [4.69, 9.17) is 0 Å². The van der Waals surface area contributed by atoms with Gasteiger partial charge in [-0.15, -0.1) is 5.76 Å². The zero-order chi connectivity index (χ0) is 5.98. The maximum atomic E-state index is 10.8. The average molecular weight is 215 g/mol. The van der Waals surface area contributed by atoms with Gasteiger partial charge in [0.25, 0.3) is 0 Å². The van der Waals surface area contributed by atoms with E-state index in [1.54, 1.807) is 0 Å². The van der Waals surface area contributed by atoms with Crippen LogP contribution in [0.1, 0.15) is 32.6 Å². The van der Waals surface area contributed by atoms with E-state index in [1.807, 2.05) is 6.92 Å². The van der Waals surface area contributed by atoms with Crippen LogP contribution in [0.15, 0.2) is 11.3 Å². The topological polar surface area (TPSA) is 23.1 Å². The van der Waals surface area contributed by atoms with Gasteiger partial charge in [0, 0.05) is 0 Å². The molecular formula is C7H11BrMgO. The molecule has 0 N–H and O–H groups in total. The van der Waals surface area contributed by atoms with Gasteiger partial charge >= 0.3 is 23.1 Å². The molecule has 0 aromatic heterocycles. The van der Waals surface area contributed by atoms with Gasteiger partial charge in [-0.1, -0.05) is 12.0 Å². The molecule has 0 atom stereocenters. The SMILES string of the molecule is CC1=C([O-])CCCC1.[Br-].[Mg+2]. The summed E-state index contributed by atoms with van der Waals surface area (Å²) >= 11 is 0. The molecule has 1 nitrogen and oxygen atoms in total. The second kappa shape index (κ2) is 6.49. The molecule has 0 saturated heterocycles. The van der Waals surface area contributed by atoms with Gasteiger partial charge in [0.05, 0.1) is 0 Å². The Morgan fingerprint density at radius 2 is 1.70 bits per heavy atom. The molecule has 0 aromatic carbocycles. The summed E-state index contributed by atoms with van der Waals surface area (Å²) in [5, 5.41) is 10.8. The Morgan fingerprint density at radius 1 is 1.20 bits per heavy atom. The van der Waals surface area contributed by atoms with Gasteiger partial charge in [-0.25, -0.2) is 0 Å². The predicted octanol–water partition coefficient (Wildman–Crippen LogP) is -2.18. The molecule has 0 aliphatic heterocycles. The smallest absolute Gasteiger partial charge is 1.00 e. The number of rotatable bonds is 0. The van der Waals surface area contributed by atoms with Crippen molar-refractivity contribution in [2.45, 2.75) is 32.6 Å². The minimum atomic E-state index is 0. The Bertz CT molecular complexity index is 109. The third kappa shape index (κ3) is 3.83. The van der Waals surface area contributed by atoms with Crippen molar-refractivity contribution in [3.05, 3.63) is 11.3 Å². The number of halogens is 1. The predicted molar refractivity (Wildman–Crippen MR) is 36.9 cm³/mol. The quantitative estimate of drug-likeness (QED) is 0.421. The van der Waals surface area contributed by atoms with Crippen LogP contribution in [0.25, 0.3) is 0 Å². The van der Waals surface area contributed by atoms with Crippen molar-refractivity contribution in [1.29, 1.82) is 0 Å². The standard InChI is InChI=1S/C7H12O.BrH.Mg/c1-6-4-2-3-5-7(6)8;;/h8H,2-5H2,1H3;1H;/q;;+2/p-2. The van der Waals surface area contributed by atoms with E-state index >= 15 is 0 Å². The molecule has 0 bridgehead atoms. The van der Waals surface area contributed by atoms with Crippen LogP contribution in [-0.2, 0) is 0 Å². The summed E-state index contributed by atoms with van der Waals surface area (Å²) in [7, 11) is 0. The fourth-order valence-electron chi connectivity index (χ4n) is 1.03. The Labute approximate surface area is 88.8 Å². The van der Waals surface area contributed by atoms with Crippen molar-refractivity contribution in [2.24, 2.45) is 0 Å². The first-order chi connectivity index (χ1) is 3.80. The summed E-state index contributed by atoms with van der Waals surface area (Å²) < 4.78 is 0. The third-order valence-electron chi connectivity index (χ3n) is 1.68. The van der Waals surface area contributed by atoms with E-state index in [0.717, 1.165) is 24.8 Å². The second-order valence-electron chi connectivity index (χ2n) is 2.41. The third-order valence-corrected chi connectivity index (χ3v) is 1.68. The molecular weight excluding hydrogens is 204 g/mol. The molecule has 0 heterocycles. The molecule has 3 heteroatoms. The normalized spacial score (nSPS) is 17.3. The van der Waals surface area contributed by atoms with E-state index in [0.29, 0.717) is 5.76 Å². The molecule has 0 unspecified atom stereocenters. The van der Waals surface area contributed by atoms with E-state index in [2.05, 4.69) is 0 Å². The fourth-order valence-corrected chi connectivity index (χ4v) is 1.03. The van der Waals surface area contributed by atoms with Crippen molar-refractivity contribution in [3.8, 4) is 0 Å². The average Bonchev–Trinajstić information content (AvgIpc) is 1.77. The van der Waals surface area contributed by atoms with Crippen LogP contribution in [0, 0.1) is 0 Å². The van der Waals surface area contributed by atoms with E-state index in [1.165, 1.54) is 6.42 Å². The Hall–Kier alpha value is 0.786. The molecule has 0 amide bonds. The molecule has 54 valence electrons. The van der Waals surface area contributed by atoms with Crippen LogP contribution in [0.3, 0.4) is 0 Å². The van der Waals surface area contributed by atoms with Crippen LogP contribution in [0.5, 0.6) is 0 Å². The van der Waals surface area contributed by atoms with Gasteiger partial charge in [-0.3, -0.25) is 0 Å². The Kier molecular flexibility index (Phi) is 8.69. The van der Waals surface area contributed by atoms with Crippen molar-refractivity contribution < 1.29 is 22.1 Å². The van der Waals surface area contributed by atoms with Gasteiger partial charge in [0.15, 0.2) is 0 Å². The molecule has 0 fully saturated rings. The monoisotopic (exact) mass is 214 g/mol. The summed E-state index contributed by atoms with van der Waals surface area (Å²) in [6, 6.07) is 0. The Balaban J connectivity index is 0.